The van der Waals surface area contributed by atoms with Crippen LogP contribution in [0.3, 0.4) is 0 Å². The summed E-state index contributed by atoms with van der Waals surface area (Å²) in [4.78, 5) is 4.69. The normalized spacial score (nSPS) is 18.5. The quantitative estimate of drug-likeness (QED) is 0.612. The topological polar surface area (TPSA) is 103 Å². The van der Waals surface area contributed by atoms with E-state index in [1.807, 2.05) is 0 Å². The van der Waals surface area contributed by atoms with Crippen LogP contribution >= 0.6 is 0 Å². The molecule has 0 radical (unpaired) electrons. The second kappa shape index (κ2) is 13.5. The van der Waals surface area contributed by atoms with Gasteiger partial charge in [-0.3, -0.25) is 0 Å². The highest BCUT2D eigenvalue weighted by Gasteiger charge is 2.09. The summed E-state index contributed by atoms with van der Waals surface area (Å²) in [5, 5.41) is 15.6. The van der Waals surface area contributed by atoms with Gasteiger partial charge in [-0.1, -0.05) is 0 Å². The van der Waals surface area contributed by atoms with Crippen molar-refractivity contribution in [1.82, 2.24) is 0 Å². The van der Waals surface area contributed by atoms with Crippen molar-refractivity contribution in [1.29, 1.82) is 0 Å². The summed E-state index contributed by atoms with van der Waals surface area (Å²) in [6.07, 6.45) is 0. The lowest BCUT2D eigenvalue weighted by atomic mass is 10.3. The molecule has 1 heterocycles. The van der Waals surface area contributed by atoms with Crippen LogP contribution in [-0.4, -0.2) is 71.3 Å². The maximum absolute atomic E-state index is 8.15. The Labute approximate surface area is 151 Å². The van der Waals surface area contributed by atoms with Gasteiger partial charge >= 0.3 is 0 Å². The zero-order chi connectivity index (χ0) is 18.3. The van der Waals surface area contributed by atoms with E-state index in [0.29, 0.717) is 77.6 Å². The molecule has 0 atom stereocenters. The van der Waals surface area contributed by atoms with Gasteiger partial charge in [0.05, 0.1) is 52.9 Å². The SMILES string of the molecule is OOOOc1ccc2c(c1)OCCOCCOCCOCCOCCO2. The van der Waals surface area contributed by atoms with Crippen molar-refractivity contribution in [2.75, 3.05) is 66.1 Å². The average molecular weight is 376 g/mol. The van der Waals surface area contributed by atoms with Crippen molar-refractivity contribution >= 4 is 0 Å². The van der Waals surface area contributed by atoms with Crippen molar-refractivity contribution in [2.24, 2.45) is 0 Å². The first kappa shape index (κ1) is 20.6. The molecule has 148 valence electrons. The molecule has 0 bridgehead atoms. The Bertz CT molecular complexity index is 484. The average Bonchev–Trinajstić information content (AvgIpc) is 2.66. The van der Waals surface area contributed by atoms with Crippen molar-refractivity contribution in [3.63, 3.8) is 0 Å². The lowest BCUT2D eigenvalue weighted by Crippen LogP contribution is -2.16. The van der Waals surface area contributed by atoms with Crippen LogP contribution in [-0.2, 0) is 29.0 Å². The number of hydrogen-bond donors (Lipinski definition) is 1. The van der Waals surface area contributed by atoms with Gasteiger partial charge in [0.1, 0.15) is 13.2 Å². The Balaban J connectivity index is 1.90. The predicted octanol–water partition coefficient (Wildman–Crippen LogP) is 1.24. The van der Waals surface area contributed by atoms with E-state index in [2.05, 4.69) is 10.1 Å². The van der Waals surface area contributed by atoms with E-state index in [9.17, 15) is 0 Å². The Morgan fingerprint density at radius 3 is 1.69 bits per heavy atom. The van der Waals surface area contributed by atoms with Gasteiger partial charge in [-0.15, -0.1) is 0 Å². The molecule has 1 aliphatic heterocycles. The minimum atomic E-state index is 0.256. The van der Waals surface area contributed by atoms with Gasteiger partial charge < -0.3 is 33.3 Å². The third-order valence-electron chi connectivity index (χ3n) is 3.16. The van der Waals surface area contributed by atoms with E-state index in [0.717, 1.165) is 0 Å². The van der Waals surface area contributed by atoms with Gasteiger partial charge in [-0.25, -0.2) is 5.26 Å². The number of ether oxygens (including phenoxy) is 6. The summed E-state index contributed by atoms with van der Waals surface area (Å²) in [7, 11) is 0. The molecule has 10 heteroatoms. The second-order valence-electron chi connectivity index (χ2n) is 4.98. The largest absolute Gasteiger partial charge is 0.487 e. The van der Waals surface area contributed by atoms with Crippen LogP contribution in [0, 0.1) is 0 Å². The van der Waals surface area contributed by atoms with Crippen molar-refractivity contribution in [2.45, 2.75) is 0 Å². The van der Waals surface area contributed by atoms with Crippen LogP contribution in [0.1, 0.15) is 0 Å². The summed E-state index contributed by atoms with van der Waals surface area (Å²) < 4.78 is 32.9. The molecule has 0 spiro atoms. The zero-order valence-corrected chi connectivity index (χ0v) is 14.4. The fraction of sp³-hybridized carbons (Fsp3) is 0.625. The number of rotatable bonds is 3. The third-order valence-corrected chi connectivity index (χ3v) is 3.16. The Morgan fingerprint density at radius 2 is 1.15 bits per heavy atom. The zero-order valence-electron chi connectivity index (χ0n) is 14.4. The highest BCUT2D eigenvalue weighted by Crippen LogP contribution is 2.31. The van der Waals surface area contributed by atoms with Crippen molar-refractivity contribution in [3.8, 4) is 17.2 Å². The molecule has 1 aromatic rings. The molecule has 0 saturated heterocycles. The number of fused-ring (bicyclic) bond motifs is 1. The molecule has 1 N–H and O–H groups in total. The first-order valence-electron chi connectivity index (χ1n) is 8.25. The molecule has 0 amide bonds. The predicted molar refractivity (Wildman–Crippen MR) is 86.1 cm³/mol. The maximum atomic E-state index is 8.15. The van der Waals surface area contributed by atoms with Gasteiger partial charge in [0.15, 0.2) is 17.2 Å². The molecule has 1 aromatic carbocycles. The lowest BCUT2D eigenvalue weighted by molar-refractivity contribution is -0.594. The first-order valence-corrected chi connectivity index (χ1v) is 8.25. The first-order chi connectivity index (χ1) is 12.9. The molecule has 0 fully saturated rings. The fourth-order valence-electron chi connectivity index (χ4n) is 2.01. The summed E-state index contributed by atoms with van der Waals surface area (Å²) in [5.41, 5.74) is 0. The van der Waals surface area contributed by atoms with Crippen LogP contribution in [0.2, 0.25) is 0 Å². The second-order valence-corrected chi connectivity index (χ2v) is 4.98. The third kappa shape index (κ3) is 8.63. The molecule has 1 aliphatic rings. The number of hydrogen-bond acceptors (Lipinski definition) is 10. The molecule has 0 unspecified atom stereocenters. The van der Waals surface area contributed by atoms with Crippen LogP contribution in [0.15, 0.2) is 18.2 Å². The van der Waals surface area contributed by atoms with E-state index >= 15 is 0 Å². The highest BCUT2D eigenvalue weighted by molar-refractivity contribution is 5.45. The van der Waals surface area contributed by atoms with Crippen molar-refractivity contribution < 1.29 is 48.6 Å². The van der Waals surface area contributed by atoms with Gasteiger partial charge in [-0.05, 0) is 17.2 Å². The van der Waals surface area contributed by atoms with Crippen molar-refractivity contribution in [3.05, 3.63) is 18.2 Å². The standard InChI is InChI=1S/C16H24O10/c17-25-26-24-14-1-2-15-16(13-14)23-12-10-21-8-6-19-4-3-18-5-7-20-9-11-22-15/h1-2,13,17H,3-12H2. The van der Waals surface area contributed by atoms with E-state index in [1.165, 1.54) is 6.07 Å². The molecule has 2 rings (SSSR count). The summed E-state index contributed by atoms with van der Waals surface area (Å²) in [5.74, 6) is 1.19. The van der Waals surface area contributed by atoms with Gasteiger partial charge in [0, 0.05) is 11.1 Å². The van der Waals surface area contributed by atoms with Gasteiger partial charge in [0.25, 0.3) is 0 Å². The lowest BCUT2D eigenvalue weighted by Gasteiger charge is -2.14. The Morgan fingerprint density at radius 1 is 0.654 bits per heavy atom. The number of benzene rings is 1. The Hall–Kier alpha value is -1.66. The minimum absolute atomic E-state index is 0.256. The van der Waals surface area contributed by atoms with E-state index in [1.54, 1.807) is 12.1 Å². The van der Waals surface area contributed by atoms with Crippen LogP contribution in [0.4, 0.5) is 0 Å². The van der Waals surface area contributed by atoms with E-state index in [4.69, 9.17) is 38.6 Å². The minimum Gasteiger partial charge on any atom is -0.487 e. The highest BCUT2D eigenvalue weighted by atomic mass is 17.6. The Kier molecular flexibility index (Phi) is 10.7. The summed E-state index contributed by atoms with van der Waals surface area (Å²) in [6.45, 7) is 4.37. The van der Waals surface area contributed by atoms with Crippen LogP contribution in [0.25, 0.3) is 0 Å². The van der Waals surface area contributed by atoms with E-state index < -0.39 is 0 Å². The van der Waals surface area contributed by atoms with Crippen LogP contribution in [0.5, 0.6) is 17.2 Å². The molecule has 0 saturated carbocycles. The smallest absolute Gasteiger partial charge is 0.172 e. The maximum Gasteiger partial charge on any atom is 0.172 e. The van der Waals surface area contributed by atoms with Crippen LogP contribution < -0.4 is 14.4 Å². The summed E-state index contributed by atoms with van der Waals surface area (Å²) >= 11 is 0. The fourth-order valence-corrected chi connectivity index (χ4v) is 2.01. The monoisotopic (exact) mass is 376 g/mol. The molecule has 0 aliphatic carbocycles. The van der Waals surface area contributed by atoms with Gasteiger partial charge in [-0.2, -0.15) is 0 Å². The van der Waals surface area contributed by atoms with Gasteiger partial charge in [0.2, 0.25) is 0 Å². The molecule has 26 heavy (non-hydrogen) atoms. The summed E-state index contributed by atoms with van der Waals surface area (Å²) in [6, 6.07) is 4.74. The molecular formula is C16H24O10. The molecule has 0 aromatic heterocycles. The molecular weight excluding hydrogens is 352 g/mol. The van der Waals surface area contributed by atoms with E-state index in [-0.39, 0.29) is 5.75 Å². The molecule has 10 nitrogen and oxygen atoms in total.